The first-order valence-corrected chi connectivity index (χ1v) is 13.6. The van der Waals surface area contributed by atoms with E-state index in [1.807, 2.05) is 30.5 Å². The van der Waals surface area contributed by atoms with E-state index in [1.165, 1.54) is 11.1 Å². The predicted molar refractivity (Wildman–Crippen MR) is 146 cm³/mol. The van der Waals surface area contributed by atoms with Crippen LogP contribution < -0.4 is 4.90 Å². The second-order valence-corrected chi connectivity index (χ2v) is 11.3. The van der Waals surface area contributed by atoms with E-state index in [9.17, 15) is 5.11 Å². The quantitative estimate of drug-likeness (QED) is 0.373. The van der Waals surface area contributed by atoms with Crippen molar-refractivity contribution >= 4 is 28.6 Å². The monoisotopic (exact) mass is 547 g/mol. The fourth-order valence-electron chi connectivity index (χ4n) is 6.46. The fourth-order valence-corrected chi connectivity index (χ4v) is 6.62. The maximum absolute atomic E-state index is 9.94. The third kappa shape index (κ3) is 4.03. The molecule has 0 amide bonds. The third-order valence-electron chi connectivity index (χ3n) is 8.18. The van der Waals surface area contributed by atoms with Crippen molar-refractivity contribution in [1.29, 1.82) is 0 Å². The van der Waals surface area contributed by atoms with Crippen molar-refractivity contribution in [2.24, 2.45) is 0 Å². The van der Waals surface area contributed by atoms with Gasteiger partial charge in [-0.05, 0) is 43.0 Å². The number of aliphatic hydroxyl groups excluding tert-OH is 1. The van der Waals surface area contributed by atoms with Crippen molar-refractivity contribution in [3.63, 3.8) is 0 Å². The summed E-state index contributed by atoms with van der Waals surface area (Å²) in [5, 5.41) is 10.1. The molecule has 3 aliphatic heterocycles. The summed E-state index contributed by atoms with van der Waals surface area (Å²) in [6.07, 6.45) is 0.671. The number of imidazole rings is 1. The molecule has 10 heteroatoms. The van der Waals surface area contributed by atoms with E-state index in [4.69, 9.17) is 30.8 Å². The van der Waals surface area contributed by atoms with Gasteiger partial charge in [0.05, 0.1) is 12.9 Å². The SMILES string of the molecule is CC1(C)OC2C(CO)OC(n3cnc4c(N5CCC(c6ccccc6)(c6ccccc6)C5)nc(Cl)nc43)C2O1. The summed E-state index contributed by atoms with van der Waals surface area (Å²) in [5.74, 6) is -0.0955. The topological polar surface area (TPSA) is 94.8 Å². The number of hydrogen-bond acceptors (Lipinski definition) is 8. The van der Waals surface area contributed by atoms with Gasteiger partial charge in [0, 0.05) is 18.5 Å². The third-order valence-corrected chi connectivity index (χ3v) is 8.35. The summed E-state index contributed by atoms with van der Waals surface area (Å²) in [7, 11) is 0. The standard InChI is InChI=1S/C29H30ClN5O4/c1-28(2)38-22-20(15-36)37-26(23(22)39-28)35-17-31-21-24(32-27(30)33-25(21)35)34-14-13-29(16-34,18-9-5-3-6-10-18)19-11-7-4-8-12-19/h3-12,17,20,22-23,26,36H,13-16H2,1-2H3. The molecule has 4 unspecified atom stereocenters. The van der Waals surface area contributed by atoms with Gasteiger partial charge in [-0.1, -0.05) is 60.7 Å². The van der Waals surface area contributed by atoms with Crippen molar-refractivity contribution < 1.29 is 19.3 Å². The first kappa shape index (κ1) is 24.9. The van der Waals surface area contributed by atoms with E-state index in [0.29, 0.717) is 17.0 Å². The number of ether oxygens (including phenoxy) is 3. The molecule has 3 aliphatic rings. The number of hydrogen-bond donors (Lipinski definition) is 1. The lowest BCUT2D eigenvalue weighted by Crippen LogP contribution is -2.32. The van der Waals surface area contributed by atoms with Crippen molar-refractivity contribution in [1.82, 2.24) is 19.5 Å². The van der Waals surface area contributed by atoms with E-state index in [0.717, 1.165) is 19.5 Å². The summed E-state index contributed by atoms with van der Waals surface area (Å²) in [4.78, 5) is 16.2. The molecular formula is C29H30ClN5O4. The van der Waals surface area contributed by atoms with Crippen molar-refractivity contribution in [3.05, 3.63) is 83.4 Å². The lowest BCUT2D eigenvalue weighted by atomic mass is 9.74. The van der Waals surface area contributed by atoms with Gasteiger partial charge < -0.3 is 24.2 Å². The number of aliphatic hydroxyl groups is 1. The van der Waals surface area contributed by atoms with Crippen LogP contribution in [0.1, 0.15) is 37.6 Å². The van der Waals surface area contributed by atoms with Gasteiger partial charge >= 0.3 is 0 Å². The summed E-state index contributed by atoms with van der Waals surface area (Å²) < 4.78 is 20.2. The fraction of sp³-hybridized carbons (Fsp3) is 0.414. The molecule has 2 aromatic carbocycles. The number of anilines is 1. The van der Waals surface area contributed by atoms with Gasteiger partial charge in [-0.3, -0.25) is 4.57 Å². The first-order valence-electron chi connectivity index (χ1n) is 13.3. The molecule has 0 spiro atoms. The number of benzene rings is 2. The van der Waals surface area contributed by atoms with Gasteiger partial charge in [0.25, 0.3) is 0 Å². The van der Waals surface area contributed by atoms with E-state index in [2.05, 4.69) is 63.4 Å². The Bertz CT molecular complexity index is 1460. The number of halogens is 1. The Balaban J connectivity index is 1.28. The zero-order valence-corrected chi connectivity index (χ0v) is 22.5. The molecular weight excluding hydrogens is 518 g/mol. The zero-order valence-electron chi connectivity index (χ0n) is 21.8. The van der Waals surface area contributed by atoms with Crippen molar-refractivity contribution in [2.45, 2.75) is 56.0 Å². The largest absolute Gasteiger partial charge is 0.394 e. The molecule has 202 valence electrons. The molecule has 4 aromatic rings. The van der Waals surface area contributed by atoms with Crippen LogP contribution in [0.25, 0.3) is 11.2 Å². The highest BCUT2D eigenvalue weighted by Gasteiger charge is 2.56. The minimum Gasteiger partial charge on any atom is -0.394 e. The zero-order chi connectivity index (χ0) is 26.8. The summed E-state index contributed by atoms with van der Waals surface area (Å²) in [6, 6.07) is 21.3. The molecule has 0 aliphatic carbocycles. The molecule has 39 heavy (non-hydrogen) atoms. The summed E-state index contributed by atoms with van der Waals surface area (Å²) >= 11 is 6.53. The van der Waals surface area contributed by atoms with Crippen LogP contribution in [0.3, 0.4) is 0 Å². The van der Waals surface area contributed by atoms with Crippen LogP contribution in [0, 0.1) is 0 Å². The molecule has 0 bridgehead atoms. The summed E-state index contributed by atoms with van der Waals surface area (Å²) in [5.41, 5.74) is 3.52. The van der Waals surface area contributed by atoms with Crippen LogP contribution >= 0.6 is 11.6 Å². The van der Waals surface area contributed by atoms with Crippen LogP contribution in [-0.4, -0.2) is 68.4 Å². The highest BCUT2D eigenvalue weighted by atomic mass is 35.5. The molecule has 9 nitrogen and oxygen atoms in total. The molecule has 3 saturated heterocycles. The first-order chi connectivity index (χ1) is 18.9. The number of nitrogens with zero attached hydrogens (tertiary/aromatic N) is 5. The van der Waals surface area contributed by atoms with Crippen LogP contribution in [0.2, 0.25) is 5.28 Å². The minimum absolute atomic E-state index is 0.133. The van der Waals surface area contributed by atoms with E-state index in [-0.39, 0.29) is 17.3 Å². The van der Waals surface area contributed by atoms with Gasteiger partial charge in [-0.2, -0.15) is 9.97 Å². The molecule has 7 rings (SSSR count). The van der Waals surface area contributed by atoms with Gasteiger partial charge in [-0.25, -0.2) is 4.98 Å². The normalized spacial score (nSPS) is 27.3. The van der Waals surface area contributed by atoms with Gasteiger partial charge in [0.1, 0.15) is 18.3 Å². The Hall–Kier alpha value is -3.08. The Morgan fingerprint density at radius 3 is 2.31 bits per heavy atom. The van der Waals surface area contributed by atoms with E-state index >= 15 is 0 Å². The van der Waals surface area contributed by atoms with Crippen LogP contribution in [-0.2, 0) is 19.6 Å². The second kappa shape index (κ2) is 9.25. The summed E-state index contributed by atoms with van der Waals surface area (Å²) in [6.45, 7) is 5.04. The highest BCUT2D eigenvalue weighted by Crippen LogP contribution is 2.45. The van der Waals surface area contributed by atoms with E-state index in [1.54, 1.807) is 6.33 Å². The Morgan fingerprint density at radius 1 is 0.974 bits per heavy atom. The minimum atomic E-state index is -0.785. The van der Waals surface area contributed by atoms with Gasteiger partial charge in [0.2, 0.25) is 5.28 Å². The van der Waals surface area contributed by atoms with Crippen molar-refractivity contribution in [2.75, 3.05) is 24.6 Å². The molecule has 0 radical (unpaired) electrons. The average molecular weight is 548 g/mol. The number of rotatable bonds is 5. The van der Waals surface area contributed by atoms with Gasteiger partial charge in [-0.15, -0.1) is 0 Å². The lowest BCUT2D eigenvalue weighted by molar-refractivity contribution is -0.199. The molecule has 3 fully saturated rings. The maximum atomic E-state index is 9.94. The number of aromatic nitrogens is 4. The molecule has 1 N–H and O–H groups in total. The molecule has 2 aromatic heterocycles. The Labute approximate surface area is 231 Å². The smallest absolute Gasteiger partial charge is 0.226 e. The maximum Gasteiger partial charge on any atom is 0.226 e. The van der Waals surface area contributed by atoms with Crippen LogP contribution in [0.4, 0.5) is 5.82 Å². The average Bonchev–Trinajstić information content (AvgIpc) is 3.71. The van der Waals surface area contributed by atoms with Crippen LogP contribution in [0.5, 0.6) is 0 Å². The predicted octanol–water partition coefficient (Wildman–Crippen LogP) is 4.09. The van der Waals surface area contributed by atoms with Crippen molar-refractivity contribution in [3.8, 4) is 0 Å². The van der Waals surface area contributed by atoms with Gasteiger partial charge in [0.15, 0.2) is 29.0 Å². The van der Waals surface area contributed by atoms with E-state index < -0.39 is 30.3 Å². The molecule has 4 atom stereocenters. The highest BCUT2D eigenvalue weighted by molar-refractivity contribution is 6.28. The Kier molecular flexibility index (Phi) is 5.91. The Morgan fingerprint density at radius 2 is 1.64 bits per heavy atom. The lowest BCUT2D eigenvalue weighted by Gasteiger charge is -2.31. The molecule has 5 heterocycles. The second-order valence-electron chi connectivity index (χ2n) is 10.9. The number of fused-ring (bicyclic) bond motifs is 2. The van der Waals surface area contributed by atoms with Crippen LogP contribution in [0.15, 0.2) is 67.0 Å². The molecule has 0 saturated carbocycles.